The van der Waals surface area contributed by atoms with Gasteiger partial charge in [-0.1, -0.05) is 41.9 Å². The van der Waals surface area contributed by atoms with E-state index >= 15 is 0 Å². The third-order valence-corrected chi connectivity index (χ3v) is 4.09. The molecule has 0 atom stereocenters. The van der Waals surface area contributed by atoms with Crippen LogP contribution in [0.4, 0.5) is 5.82 Å². The minimum absolute atomic E-state index is 0.164. The Morgan fingerprint density at radius 1 is 1.04 bits per heavy atom. The second-order valence-corrected chi connectivity index (χ2v) is 6.07. The molecule has 0 aliphatic rings. The van der Waals surface area contributed by atoms with E-state index in [1.165, 1.54) is 0 Å². The van der Waals surface area contributed by atoms with Gasteiger partial charge < -0.3 is 4.74 Å². The number of amides is 1. The molecular formula is C21H19ClN2O2. The first-order chi connectivity index (χ1) is 12.7. The zero-order valence-corrected chi connectivity index (χ0v) is 15.2. The Kier molecular flexibility index (Phi) is 5.87. The molecule has 1 aromatic heterocycles. The minimum atomic E-state index is -0.164. The summed E-state index contributed by atoms with van der Waals surface area (Å²) in [6, 6.07) is 20.2. The lowest BCUT2D eigenvalue weighted by atomic mass is 10.1. The molecule has 0 unspecified atom stereocenters. The van der Waals surface area contributed by atoms with Gasteiger partial charge in [-0.15, -0.1) is 0 Å². The highest BCUT2D eigenvalue weighted by Gasteiger charge is 2.22. The fourth-order valence-electron chi connectivity index (χ4n) is 2.61. The average Bonchev–Trinajstić information content (AvgIpc) is 2.68. The van der Waals surface area contributed by atoms with Crippen LogP contribution in [0.1, 0.15) is 22.8 Å². The van der Waals surface area contributed by atoms with Gasteiger partial charge in [0.25, 0.3) is 5.91 Å². The van der Waals surface area contributed by atoms with Gasteiger partial charge >= 0.3 is 0 Å². The summed E-state index contributed by atoms with van der Waals surface area (Å²) in [6.45, 7) is 2.77. The Hall–Kier alpha value is -2.85. The number of hydrogen-bond donors (Lipinski definition) is 0. The fraction of sp³-hybridized carbons (Fsp3) is 0.143. The molecule has 1 amide bonds. The van der Waals surface area contributed by atoms with E-state index < -0.39 is 0 Å². The predicted molar refractivity (Wildman–Crippen MR) is 104 cm³/mol. The van der Waals surface area contributed by atoms with Crippen molar-refractivity contribution in [3.63, 3.8) is 0 Å². The molecule has 3 rings (SSSR count). The number of para-hydroxylation sites is 1. The lowest BCUT2D eigenvalue weighted by Crippen LogP contribution is -2.31. The molecule has 0 saturated carbocycles. The number of aromatic nitrogens is 1. The van der Waals surface area contributed by atoms with Crippen LogP contribution in [-0.2, 0) is 6.54 Å². The molecule has 0 saturated heterocycles. The topological polar surface area (TPSA) is 42.4 Å². The molecular weight excluding hydrogens is 348 g/mol. The first-order valence-electron chi connectivity index (χ1n) is 8.38. The predicted octanol–water partition coefficient (Wildman–Crippen LogP) is 4.98. The molecule has 3 aromatic rings. The Morgan fingerprint density at radius 2 is 1.77 bits per heavy atom. The number of pyridine rings is 1. The maximum atomic E-state index is 13.3. The standard InChI is InChI=1S/C21H19ClN2O2/c1-2-26-19-8-4-3-7-18(19)21(25)24(20-9-5-6-14-23-20)15-16-10-12-17(22)13-11-16/h3-14H,2,15H2,1H3. The Bertz CT molecular complexity index is 867. The van der Waals surface area contributed by atoms with Gasteiger partial charge in [0.2, 0.25) is 0 Å². The van der Waals surface area contributed by atoms with E-state index in [1.807, 2.05) is 61.5 Å². The van der Waals surface area contributed by atoms with Gasteiger partial charge in [0.1, 0.15) is 11.6 Å². The number of halogens is 1. The van der Waals surface area contributed by atoms with E-state index in [9.17, 15) is 4.79 Å². The number of hydrogen-bond acceptors (Lipinski definition) is 3. The molecule has 0 fully saturated rings. The normalized spacial score (nSPS) is 10.4. The van der Waals surface area contributed by atoms with Gasteiger partial charge in [0.05, 0.1) is 18.7 Å². The molecule has 0 N–H and O–H groups in total. The van der Waals surface area contributed by atoms with E-state index in [1.54, 1.807) is 23.2 Å². The summed E-state index contributed by atoms with van der Waals surface area (Å²) in [4.78, 5) is 19.3. The van der Waals surface area contributed by atoms with Crippen LogP contribution in [0.15, 0.2) is 72.9 Å². The summed E-state index contributed by atoms with van der Waals surface area (Å²) in [7, 11) is 0. The highest BCUT2D eigenvalue weighted by molar-refractivity contribution is 6.30. The second kappa shape index (κ2) is 8.50. The largest absolute Gasteiger partial charge is 0.493 e. The number of rotatable bonds is 6. The molecule has 5 heteroatoms. The first-order valence-corrected chi connectivity index (χ1v) is 8.76. The number of carbonyl (C=O) groups is 1. The van der Waals surface area contributed by atoms with Crippen LogP contribution in [0.5, 0.6) is 5.75 Å². The quantitative estimate of drug-likeness (QED) is 0.617. The van der Waals surface area contributed by atoms with Gasteiger partial charge in [-0.25, -0.2) is 4.98 Å². The second-order valence-electron chi connectivity index (χ2n) is 5.63. The molecule has 0 aliphatic heterocycles. The zero-order valence-electron chi connectivity index (χ0n) is 14.4. The van der Waals surface area contributed by atoms with Gasteiger partial charge in [-0.3, -0.25) is 9.69 Å². The summed E-state index contributed by atoms with van der Waals surface area (Å²) in [5.74, 6) is 0.985. The van der Waals surface area contributed by atoms with Crippen LogP contribution >= 0.6 is 11.6 Å². The van der Waals surface area contributed by atoms with Crippen LogP contribution in [-0.4, -0.2) is 17.5 Å². The Balaban J connectivity index is 1.98. The molecule has 26 heavy (non-hydrogen) atoms. The van der Waals surface area contributed by atoms with Crippen molar-refractivity contribution in [2.75, 3.05) is 11.5 Å². The van der Waals surface area contributed by atoms with Crippen LogP contribution in [0, 0.1) is 0 Å². The minimum Gasteiger partial charge on any atom is -0.493 e. The van der Waals surface area contributed by atoms with Crippen molar-refractivity contribution >= 4 is 23.3 Å². The van der Waals surface area contributed by atoms with Crippen molar-refractivity contribution in [3.05, 3.63) is 89.1 Å². The summed E-state index contributed by atoms with van der Waals surface area (Å²) < 4.78 is 5.62. The van der Waals surface area contributed by atoms with Crippen molar-refractivity contribution in [1.82, 2.24) is 4.98 Å². The van der Waals surface area contributed by atoms with Crippen molar-refractivity contribution in [3.8, 4) is 5.75 Å². The van der Waals surface area contributed by atoms with Gasteiger partial charge in [0, 0.05) is 11.2 Å². The number of ether oxygens (including phenoxy) is 1. The van der Waals surface area contributed by atoms with Crippen molar-refractivity contribution in [2.24, 2.45) is 0 Å². The maximum absolute atomic E-state index is 13.3. The molecule has 0 bridgehead atoms. The highest BCUT2D eigenvalue weighted by atomic mass is 35.5. The maximum Gasteiger partial charge on any atom is 0.263 e. The molecule has 1 heterocycles. The number of carbonyl (C=O) groups excluding carboxylic acids is 1. The van der Waals surface area contributed by atoms with E-state index in [0.29, 0.717) is 35.3 Å². The third-order valence-electron chi connectivity index (χ3n) is 3.84. The SMILES string of the molecule is CCOc1ccccc1C(=O)N(Cc1ccc(Cl)cc1)c1ccccn1. The summed E-state index contributed by atoms with van der Waals surface area (Å²) in [5, 5.41) is 0.658. The van der Waals surface area contributed by atoms with E-state index in [4.69, 9.17) is 16.3 Å². The molecule has 4 nitrogen and oxygen atoms in total. The van der Waals surface area contributed by atoms with Gasteiger partial charge in [-0.05, 0) is 48.9 Å². The highest BCUT2D eigenvalue weighted by Crippen LogP contribution is 2.24. The van der Waals surface area contributed by atoms with Gasteiger partial charge in [0.15, 0.2) is 0 Å². The van der Waals surface area contributed by atoms with Crippen molar-refractivity contribution < 1.29 is 9.53 Å². The van der Waals surface area contributed by atoms with Crippen LogP contribution in [0.25, 0.3) is 0 Å². The number of nitrogens with zero attached hydrogens (tertiary/aromatic N) is 2. The van der Waals surface area contributed by atoms with Crippen LogP contribution in [0.3, 0.4) is 0 Å². The molecule has 2 aromatic carbocycles. The van der Waals surface area contributed by atoms with Crippen LogP contribution < -0.4 is 9.64 Å². The monoisotopic (exact) mass is 366 g/mol. The van der Waals surface area contributed by atoms with Crippen molar-refractivity contribution in [1.29, 1.82) is 0 Å². The molecule has 132 valence electrons. The lowest BCUT2D eigenvalue weighted by Gasteiger charge is -2.23. The first kappa shape index (κ1) is 18.0. The van der Waals surface area contributed by atoms with E-state index in [0.717, 1.165) is 5.56 Å². The smallest absolute Gasteiger partial charge is 0.263 e. The number of anilines is 1. The summed E-state index contributed by atoms with van der Waals surface area (Å²) >= 11 is 5.97. The summed E-state index contributed by atoms with van der Waals surface area (Å²) in [5.41, 5.74) is 1.47. The van der Waals surface area contributed by atoms with Crippen molar-refractivity contribution in [2.45, 2.75) is 13.5 Å². The van der Waals surface area contributed by atoms with Crippen LogP contribution in [0.2, 0.25) is 5.02 Å². The summed E-state index contributed by atoms with van der Waals surface area (Å²) in [6.07, 6.45) is 1.67. The Morgan fingerprint density at radius 3 is 2.46 bits per heavy atom. The van der Waals surface area contributed by atoms with E-state index in [2.05, 4.69) is 4.98 Å². The molecule has 0 radical (unpaired) electrons. The third kappa shape index (κ3) is 4.21. The van der Waals surface area contributed by atoms with E-state index in [-0.39, 0.29) is 5.91 Å². The number of benzene rings is 2. The molecule has 0 aliphatic carbocycles. The zero-order chi connectivity index (χ0) is 18.4. The van der Waals surface area contributed by atoms with Gasteiger partial charge in [-0.2, -0.15) is 0 Å². The fourth-order valence-corrected chi connectivity index (χ4v) is 2.74. The lowest BCUT2D eigenvalue weighted by molar-refractivity contribution is 0.0980. The Labute approximate surface area is 158 Å². The average molecular weight is 367 g/mol. The molecule has 0 spiro atoms.